The molecular weight excluding hydrogens is 332 g/mol. The first-order valence-electron chi connectivity index (χ1n) is 8.44. The van der Waals surface area contributed by atoms with Crippen LogP contribution >= 0.6 is 11.6 Å². The summed E-state index contributed by atoms with van der Waals surface area (Å²) in [5.41, 5.74) is 6.85. The van der Waals surface area contributed by atoms with E-state index in [-0.39, 0.29) is 0 Å². The zero-order valence-corrected chi connectivity index (χ0v) is 15.4. The lowest BCUT2D eigenvalue weighted by Gasteiger charge is -2.12. The molecule has 1 aliphatic rings. The fourth-order valence-electron chi connectivity index (χ4n) is 3.35. The van der Waals surface area contributed by atoms with Crippen LogP contribution in [0.1, 0.15) is 11.1 Å². The standard InChI is InChI=1S/C20H21ClN4/c1-13-12-15(21)6-9-18(13)25-20-17(10-11-22-20)19(23-25)14-4-7-16(8-5-14)24(2)3/h4-9,12,22H,10-11H2,1-3H3. The van der Waals surface area contributed by atoms with Crippen LogP contribution in [0.2, 0.25) is 5.02 Å². The maximum atomic E-state index is 6.11. The van der Waals surface area contributed by atoms with Crippen molar-refractivity contribution in [1.29, 1.82) is 0 Å². The Hall–Kier alpha value is -2.46. The predicted molar refractivity (Wildman–Crippen MR) is 105 cm³/mol. The molecule has 0 radical (unpaired) electrons. The molecule has 2 heterocycles. The highest BCUT2D eigenvalue weighted by Gasteiger charge is 2.24. The number of benzene rings is 2. The second kappa shape index (κ2) is 6.12. The van der Waals surface area contributed by atoms with Crippen LogP contribution in [-0.2, 0) is 6.42 Å². The topological polar surface area (TPSA) is 33.1 Å². The summed E-state index contributed by atoms with van der Waals surface area (Å²) < 4.78 is 2.02. The van der Waals surface area contributed by atoms with Crippen LogP contribution in [0.3, 0.4) is 0 Å². The Labute approximate surface area is 153 Å². The highest BCUT2D eigenvalue weighted by molar-refractivity contribution is 6.30. The lowest BCUT2D eigenvalue weighted by Crippen LogP contribution is -2.08. The van der Waals surface area contributed by atoms with Gasteiger partial charge in [-0.2, -0.15) is 5.10 Å². The van der Waals surface area contributed by atoms with Crippen molar-refractivity contribution in [3.8, 4) is 16.9 Å². The zero-order valence-electron chi connectivity index (χ0n) is 14.7. The number of hydrogen-bond acceptors (Lipinski definition) is 3. The van der Waals surface area contributed by atoms with Gasteiger partial charge in [-0.15, -0.1) is 0 Å². The van der Waals surface area contributed by atoms with E-state index in [1.165, 1.54) is 11.3 Å². The molecule has 2 aromatic carbocycles. The fraction of sp³-hybridized carbons (Fsp3) is 0.250. The average Bonchev–Trinajstić information content (AvgIpc) is 3.18. The molecule has 0 atom stereocenters. The summed E-state index contributed by atoms with van der Waals surface area (Å²) in [6.07, 6.45) is 0.993. The highest BCUT2D eigenvalue weighted by atomic mass is 35.5. The van der Waals surface area contributed by atoms with Gasteiger partial charge in [-0.3, -0.25) is 0 Å². The van der Waals surface area contributed by atoms with Crippen LogP contribution in [0.4, 0.5) is 11.5 Å². The van der Waals surface area contributed by atoms with Crippen molar-refractivity contribution in [2.75, 3.05) is 30.9 Å². The van der Waals surface area contributed by atoms with E-state index in [9.17, 15) is 0 Å². The molecule has 0 unspecified atom stereocenters. The molecule has 0 bridgehead atoms. The van der Waals surface area contributed by atoms with Gasteiger partial charge in [0.1, 0.15) is 5.82 Å². The monoisotopic (exact) mass is 352 g/mol. The first-order valence-corrected chi connectivity index (χ1v) is 8.82. The third-order valence-electron chi connectivity index (χ3n) is 4.70. The smallest absolute Gasteiger partial charge is 0.133 e. The minimum absolute atomic E-state index is 0.748. The Balaban J connectivity index is 1.83. The molecule has 3 aromatic rings. The van der Waals surface area contributed by atoms with Gasteiger partial charge in [0.15, 0.2) is 0 Å². The second-order valence-corrected chi connectivity index (χ2v) is 7.07. The van der Waals surface area contributed by atoms with E-state index in [2.05, 4.69) is 55.5 Å². The van der Waals surface area contributed by atoms with Gasteiger partial charge < -0.3 is 10.2 Å². The van der Waals surface area contributed by atoms with Crippen molar-refractivity contribution in [2.45, 2.75) is 13.3 Å². The van der Waals surface area contributed by atoms with Crippen molar-refractivity contribution in [2.24, 2.45) is 0 Å². The third kappa shape index (κ3) is 2.76. The summed E-state index contributed by atoms with van der Waals surface area (Å²) in [4.78, 5) is 2.10. The molecule has 0 amide bonds. The lowest BCUT2D eigenvalue weighted by atomic mass is 10.1. The van der Waals surface area contributed by atoms with E-state index in [4.69, 9.17) is 16.7 Å². The van der Waals surface area contributed by atoms with Gasteiger partial charge in [-0.05, 0) is 49.2 Å². The van der Waals surface area contributed by atoms with E-state index >= 15 is 0 Å². The minimum Gasteiger partial charge on any atom is -0.378 e. The summed E-state index contributed by atoms with van der Waals surface area (Å²) >= 11 is 6.11. The molecule has 4 rings (SSSR count). The van der Waals surface area contributed by atoms with Crippen molar-refractivity contribution < 1.29 is 0 Å². The number of aryl methyl sites for hydroxylation is 1. The molecular formula is C20H21ClN4. The Kier molecular flexibility index (Phi) is 3.92. The Morgan fingerprint density at radius 1 is 1.12 bits per heavy atom. The largest absolute Gasteiger partial charge is 0.378 e. The molecule has 1 N–H and O–H groups in total. The SMILES string of the molecule is Cc1cc(Cl)ccc1-n1nc(-c2ccc(N(C)C)cc2)c2c1NCC2. The van der Waals surface area contributed by atoms with Gasteiger partial charge >= 0.3 is 0 Å². The normalized spacial score (nSPS) is 12.8. The minimum atomic E-state index is 0.748. The first kappa shape index (κ1) is 16.0. The number of anilines is 2. The Morgan fingerprint density at radius 2 is 1.88 bits per heavy atom. The zero-order chi connectivity index (χ0) is 17.6. The highest BCUT2D eigenvalue weighted by Crippen LogP contribution is 2.36. The van der Waals surface area contributed by atoms with Gasteiger partial charge in [0, 0.05) is 42.5 Å². The molecule has 25 heavy (non-hydrogen) atoms. The maximum absolute atomic E-state index is 6.11. The molecule has 1 aromatic heterocycles. The number of nitrogens with zero attached hydrogens (tertiary/aromatic N) is 3. The van der Waals surface area contributed by atoms with Gasteiger partial charge in [0.25, 0.3) is 0 Å². The summed E-state index contributed by atoms with van der Waals surface area (Å²) in [5.74, 6) is 1.09. The number of halogens is 1. The van der Waals surface area contributed by atoms with Crippen LogP contribution in [0.15, 0.2) is 42.5 Å². The second-order valence-electron chi connectivity index (χ2n) is 6.64. The van der Waals surface area contributed by atoms with Crippen LogP contribution < -0.4 is 10.2 Å². The third-order valence-corrected chi connectivity index (χ3v) is 4.93. The van der Waals surface area contributed by atoms with Gasteiger partial charge in [0.2, 0.25) is 0 Å². The van der Waals surface area contributed by atoms with E-state index in [1.807, 2.05) is 22.9 Å². The number of rotatable bonds is 3. The summed E-state index contributed by atoms with van der Waals surface area (Å²) in [5, 5.41) is 9.17. The molecule has 4 nitrogen and oxygen atoms in total. The maximum Gasteiger partial charge on any atom is 0.133 e. The summed E-state index contributed by atoms with van der Waals surface area (Å²) in [7, 11) is 4.10. The molecule has 0 aliphatic carbocycles. The molecule has 0 saturated carbocycles. The van der Waals surface area contributed by atoms with E-state index in [1.54, 1.807) is 0 Å². The number of nitrogens with one attached hydrogen (secondary N) is 1. The van der Waals surface area contributed by atoms with Gasteiger partial charge in [-0.1, -0.05) is 23.7 Å². The predicted octanol–water partition coefficient (Wildman–Crippen LogP) is 4.54. The lowest BCUT2D eigenvalue weighted by molar-refractivity contribution is 0.875. The van der Waals surface area contributed by atoms with E-state index in [0.29, 0.717) is 0 Å². The number of aromatic nitrogens is 2. The molecule has 0 spiro atoms. The van der Waals surface area contributed by atoms with E-state index in [0.717, 1.165) is 46.3 Å². The van der Waals surface area contributed by atoms with Crippen LogP contribution in [0.25, 0.3) is 16.9 Å². The first-order chi connectivity index (χ1) is 12.0. The van der Waals surface area contributed by atoms with Crippen molar-refractivity contribution >= 4 is 23.1 Å². The van der Waals surface area contributed by atoms with Crippen molar-refractivity contribution in [3.05, 3.63) is 58.6 Å². The van der Waals surface area contributed by atoms with Crippen LogP contribution in [0, 0.1) is 6.92 Å². The van der Waals surface area contributed by atoms with Crippen molar-refractivity contribution in [3.63, 3.8) is 0 Å². The molecule has 128 valence electrons. The van der Waals surface area contributed by atoms with Crippen molar-refractivity contribution in [1.82, 2.24) is 9.78 Å². The van der Waals surface area contributed by atoms with Crippen LogP contribution in [0.5, 0.6) is 0 Å². The number of fused-ring (bicyclic) bond motifs is 1. The average molecular weight is 353 g/mol. The molecule has 5 heteroatoms. The Morgan fingerprint density at radius 3 is 2.56 bits per heavy atom. The quantitative estimate of drug-likeness (QED) is 0.751. The number of hydrogen-bond donors (Lipinski definition) is 1. The van der Waals surface area contributed by atoms with Gasteiger partial charge in [-0.25, -0.2) is 4.68 Å². The van der Waals surface area contributed by atoms with Gasteiger partial charge in [0.05, 0.1) is 11.4 Å². The summed E-state index contributed by atoms with van der Waals surface area (Å²) in [6, 6.07) is 14.5. The fourth-order valence-corrected chi connectivity index (χ4v) is 3.58. The molecule has 1 aliphatic heterocycles. The molecule has 0 saturated heterocycles. The molecule has 0 fully saturated rings. The van der Waals surface area contributed by atoms with E-state index < -0.39 is 0 Å². The summed E-state index contributed by atoms with van der Waals surface area (Å²) in [6.45, 7) is 3.01. The van der Waals surface area contributed by atoms with Crippen LogP contribution in [-0.4, -0.2) is 30.4 Å². The Bertz CT molecular complexity index is 926.